The topological polar surface area (TPSA) is 77.2 Å². The van der Waals surface area contributed by atoms with Crippen LogP contribution < -0.4 is 10.1 Å². The van der Waals surface area contributed by atoms with E-state index in [2.05, 4.69) is 15.5 Å². The average Bonchev–Trinajstić information content (AvgIpc) is 3.28. The van der Waals surface area contributed by atoms with E-state index in [1.54, 1.807) is 19.1 Å². The summed E-state index contributed by atoms with van der Waals surface area (Å²) in [5.74, 6) is -0.406. The van der Waals surface area contributed by atoms with E-state index in [-0.39, 0.29) is 22.8 Å². The predicted octanol–water partition coefficient (Wildman–Crippen LogP) is 6.44. The molecular formula is C26H24FN3O3S. The maximum Gasteiger partial charge on any atom is 0.277 e. The zero-order valence-electron chi connectivity index (χ0n) is 19.0. The number of hydrogen-bond acceptors (Lipinski definition) is 6. The minimum absolute atomic E-state index is 0.0948. The number of aromatic nitrogens is 2. The molecule has 2 atom stereocenters. The highest BCUT2D eigenvalue weighted by Crippen LogP contribution is 2.36. The number of halogens is 1. The molecule has 3 aromatic carbocycles. The summed E-state index contributed by atoms with van der Waals surface area (Å²) in [5.41, 5.74) is 3.64. The van der Waals surface area contributed by atoms with Gasteiger partial charge in [-0.3, -0.25) is 4.79 Å². The quantitative estimate of drug-likeness (QED) is 0.294. The highest BCUT2D eigenvalue weighted by molar-refractivity contribution is 8.00. The molecule has 0 fully saturated rings. The van der Waals surface area contributed by atoms with Gasteiger partial charge in [0.15, 0.2) is 17.7 Å². The van der Waals surface area contributed by atoms with Crippen molar-refractivity contribution in [1.29, 1.82) is 0 Å². The number of aryl methyl sites for hydroxylation is 2. The second-order valence-electron chi connectivity index (χ2n) is 7.87. The van der Waals surface area contributed by atoms with E-state index < -0.39 is 17.2 Å². The van der Waals surface area contributed by atoms with Crippen LogP contribution in [0.2, 0.25) is 0 Å². The number of thioether (sulfide) groups is 1. The molecular weight excluding hydrogens is 453 g/mol. The van der Waals surface area contributed by atoms with Crippen LogP contribution in [0.4, 0.5) is 10.1 Å². The van der Waals surface area contributed by atoms with Crippen molar-refractivity contribution in [2.45, 2.75) is 37.3 Å². The lowest BCUT2D eigenvalue weighted by Crippen LogP contribution is -2.19. The van der Waals surface area contributed by atoms with Gasteiger partial charge >= 0.3 is 0 Å². The van der Waals surface area contributed by atoms with Gasteiger partial charge in [-0.1, -0.05) is 48.5 Å². The Morgan fingerprint density at radius 1 is 1.00 bits per heavy atom. The molecule has 1 aromatic heterocycles. The van der Waals surface area contributed by atoms with E-state index in [0.717, 1.165) is 34.1 Å². The summed E-state index contributed by atoms with van der Waals surface area (Å²) < 4.78 is 25.3. The van der Waals surface area contributed by atoms with Gasteiger partial charge in [0, 0.05) is 5.69 Å². The van der Waals surface area contributed by atoms with E-state index in [1.807, 2.05) is 62.4 Å². The number of ether oxygens (including phenoxy) is 1. The van der Waals surface area contributed by atoms with Crippen LogP contribution in [0.5, 0.6) is 5.75 Å². The van der Waals surface area contributed by atoms with Crippen LogP contribution in [0.15, 0.2) is 82.4 Å². The van der Waals surface area contributed by atoms with Crippen LogP contribution in [0.1, 0.15) is 40.9 Å². The number of benzene rings is 3. The molecule has 2 unspecified atom stereocenters. The third-order valence-corrected chi connectivity index (χ3v) is 6.05. The minimum Gasteiger partial charge on any atom is -0.478 e. The van der Waals surface area contributed by atoms with Gasteiger partial charge in [0.05, 0.1) is 0 Å². The lowest BCUT2D eigenvalue weighted by atomic mass is 10.1. The normalized spacial score (nSPS) is 12.7. The highest BCUT2D eigenvalue weighted by Gasteiger charge is 2.26. The molecule has 1 N–H and O–H groups in total. The van der Waals surface area contributed by atoms with Crippen molar-refractivity contribution in [1.82, 2.24) is 10.2 Å². The number of hydrogen-bond donors (Lipinski definition) is 1. The fourth-order valence-corrected chi connectivity index (χ4v) is 4.35. The zero-order valence-corrected chi connectivity index (χ0v) is 19.8. The Morgan fingerprint density at radius 2 is 1.68 bits per heavy atom. The molecule has 1 amide bonds. The summed E-state index contributed by atoms with van der Waals surface area (Å²) in [5, 5.41) is 10.7. The number of carbonyl (C=O) groups is 1. The van der Waals surface area contributed by atoms with Crippen molar-refractivity contribution in [3.8, 4) is 5.75 Å². The van der Waals surface area contributed by atoms with E-state index in [4.69, 9.17) is 9.15 Å². The summed E-state index contributed by atoms with van der Waals surface area (Å²) in [4.78, 5) is 13.3. The number of amides is 1. The molecule has 34 heavy (non-hydrogen) atoms. The summed E-state index contributed by atoms with van der Waals surface area (Å²) >= 11 is 1.14. The van der Waals surface area contributed by atoms with Gasteiger partial charge in [-0.05, 0) is 73.5 Å². The standard InChI is InChI=1S/C26H24FN3O3S/c1-16-13-17(2)15-20(14-16)28-24(31)23(19-9-5-4-6-10-19)34-26-30-29-25(33-26)18(3)32-22-12-8-7-11-21(22)27/h4-15,18,23H,1-3H3,(H,28,31). The average molecular weight is 478 g/mol. The third kappa shape index (κ3) is 5.82. The van der Waals surface area contributed by atoms with Crippen molar-refractivity contribution in [3.05, 3.63) is 101 Å². The van der Waals surface area contributed by atoms with E-state index >= 15 is 0 Å². The van der Waals surface area contributed by atoms with Gasteiger partial charge < -0.3 is 14.5 Å². The van der Waals surface area contributed by atoms with E-state index in [1.165, 1.54) is 12.1 Å². The molecule has 174 valence electrons. The first-order valence-electron chi connectivity index (χ1n) is 10.7. The Bertz CT molecular complexity index is 1260. The van der Waals surface area contributed by atoms with Crippen LogP contribution in [0.3, 0.4) is 0 Å². The number of carbonyl (C=O) groups excluding carboxylic acids is 1. The number of nitrogens with zero attached hydrogens (tertiary/aromatic N) is 2. The molecule has 1 heterocycles. The summed E-state index contributed by atoms with van der Waals surface area (Å²) in [6, 6.07) is 21.4. The van der Waals surface area contributed by atoms with E-state index in [0.29, 0.717) is 0 Å². The van der Waals surface area contributed by atoms with E-state index in [9.17, 15) is 9.18 Å². The lowest BCUT2D eigenvalue weighted by Gasteiger charge is -2.16. The largest absolute Gasteiger partial charge is 0.478 e. The van der Waals surface area contributed by atoms with Gasteiger partial charge in [-0.15, -0.1) is 10.2 Å². The summed E-state index contributed by atoms with van der Waals surface area (Å²) in [7, 11) is 0. The Morgan fingerprint density at radius 3 is 2.38 bits per heavy atom. The van der Waals surface area contributed by atoms with Gasteiger partial charge in [-0.2, -0.15) is 0 Å². The number of nitrogens with one attached hydrogen (secondary N) is 1. The van der Waals surface area contributed by atoms with Gasteiger partial charge in [0.25, 0.3) is 11.1 Å². The molecule has 6 nitrogen and oxygen atoms in total. The van der Waals surface area contributed by atoms with Crippen LogP contribution >= 0.6 is 11.8 Å². The van der Waals surface area contributed by atoms with Gasteiger partial charge in [0.2, 0.25) is 5.91 Å². The molecule has 0 saturated carbocycles. The second kappa shape index (κ2) is 10.5. The fourth-order valence-electron chi connectivity index (χ4n) is 3.47. The Hall–Kier alpha value is -3.65. The summed E-state index contributed by atoms with van der Waals surface area (Å²) in [6.45, 7) is 5.66. The van der Waals surface area contributed by atoms with Gasteiger partial charge in [-0.25, -0.2) is 4.39 Å². The molecule has 0 radical (unpaired) electrons. The fraction of sp³-hybridized carbons (Fsp3) is 0.192. The van der Waals surface area contributed by atoms with Crippen LogP contribution in [0, 0.1) is 19.7 Å². The second-order valence-corrected chi connectivity index (χ2v) is 8.93. The van der Waals surface area contributed by atoms with Crippen molar-refractivity contribution >= 4 is 23.4 Å². The summed E-state index contributed by atoms with van der Waals surface area (Å²) in [6.07, 6.45) is -0.668. The van der Waals surface area contributed by atoms with Crippen molar-refractivity contribution < 1.29 is 18.3 Å². The van der Waals surface area contributed by atoms with Crippen molar-refractivity contribution in [2.24, 2.45) is 0 Å². The van der Waals surface area contributed by atoms with Crippen LogP contribution in [-0.2, 0) is 4.79 Å². The molecule has 0 spiro atoms. The smallest absolute Gasteiger partial charge is 0.277 e. The lowest BCUT2D eigenvalue weighted by molar-refractivity contribution is -0.115. The van der Waals surface area contributed by atoms with Crippen LogP contribution in [-0.4, -0.2) is 16.1 Å². The maximum absolute atomic E-state index is 13.9. The van der Waals surface area contributed by atoms with Gasteiger partial charge in [0.1, 0.15) is 5.25 Å². The molecule has 0 saturated heterocycles. The highest BCUT2D eigenvalue weighted by atomic mass is 32.2. The number of rotatable bonds is 8. The first-order valence-corrected chi connectivity index (χ1v) is 11.6. The molecule has 0 aliphatic carbocycles. The molecule has 4 aromatic rings. The number of anilines is 1. The van der Waals surface area contributed by atoms with Crippen molar-refractivity contribution in [3.63, 3.8) is 0 Å². The van der Waals surface area contributed by atoms with Crippen molar-refractivity contribution in [2.75, 3.05) is 5.32 Å². The first kappa shape index (κ1) is 23.5. The Labute approximate surface area is 201 Å². The zero-order chi connectivity index (χ0) is 24.1. The monoisotopic (exact) mass is 477 g/mol. The first-order chi connectivity index (χ1) is 16.4. The van der Waals surface area contributed by atoms with Crippen LogP contribution in [0.25, 0.3) is 0 Å². The molecule has 0 aliphatic heterocycles. The predicted molar refractivity (Wildman–Crippen MR) is 129 cm³/mol. The SMILES string of the molecule is Cc1cc(C)cc(NC(=O)C(Sc2nnc(C(C)Oc3ccccc3F)o2)c2ccccc2)c1. The third-order valence-electron chi connectivity index (χ3n) is 4.96. The molecule has 8 heteroatoms. The maximum atomic E-state index is 13.9. The number of para-hydroxylation sites is 1. The molecule has 4 rings (SSSR count). The Kier molecular flexibility index (Phi) is 7.27. The minimum atomic E-state index is -0.668. The molecule has 0 bridgehead atoms. The molecule has 0 aliphatic rings. The Balaban J connectivity index is 1.52.